The van der Waals surface area contributed by atoms with Gasteiger partial charge in [0.15, 0.2) is 0 Å². The summed E-state index contributed by atoms with van der Waals surface area (Å²) in [5, 5.41) is 0. The first-order chi connectivity index (χ1) is 6.08. The summed E-state index contributed by atoms with van der Waals surface area (Å²) in [5.74, 6) is 0. The summed E-state index contributed by atoms with van der Waals surface area (Å²) in [7, 11) is 0. The first-order valence-corrected chi connectivity index (χ1v) is 4.29. The lowest BCUT2D eigenvalue weighted by molar-refractivity contribution is -0.112. The van der Waals surface area contributed by atoms with Crippen LogP contribution in [-0.2, 0) is 4.79 Å². The Balaban J connectivity index is 2.99. The molecule has 0 N–H and O–H groups in total. The van der Waals surface area contributed by atoms with Gasteiger partial charge >= 0.3 is 0 Å². The molecule has 0 aliphatic rings. The van der Waals surface area contributed by atoms with Crippen LogP contribution in [0.3, 0.4) is 0 Å². The van der Waals surface area contributed by atoms with E-state index in [4.69, 9.17) is 0 Å². The zero-order valence-corrected chi connectivity index (χ0v) is 8.08. The topological polar surface area (TPSA) is 17.1 Å². The molecule has 68 valence electrons. The second-order valence-corrected chi connectivity index (χ2v) is 3.68. The number of aldehydes is 1. The molecular weight excluding hydrogens is 160 g/mol. The Labute approximate surface area is 79.1 Å². The van der Waals surface area contributed by atoms with Crippen molar-refractivity contribution in [3.63, 3.8) is 0 Å². The van der Waals surface area contributed by atoms with E-state index in [1.165, 1.54) is 0 Å². The quantitative estimate of drug-likeness (QED) is 0.644. The molecular formula is C12H14O. The Bertz CT molecular complexity index is 309. The fourth-order valence-corrected chi connectivity index (χ4v) is 1.08. The van der Waals surface area contributed by atoms with Crippen LogP contribution >= 0.6 is 0 Å². The third kappa shape index (κ3) is 2.05. The van der Waals surface area contributed by atoms with E-state index < -0.39 is 5.41 Å². The highest BCUT2D eigenvalue weighted by Crippen LogP contribution is 2.30. The van der Waals surface area contributed by atoms with Gasteiger partial charge < -0.3 is 4.79 Å². The minimum absolute atomic E-state index is 0.471. The van der Waals surface area contributed by atoms with Gasteiger partial charge in [0, 0.05) is 5.41 Å². The van der Waals surface area contributed by atoms with Crippen molar-refractivity contribution >= 4 is 11.9 Å². The van der Waals surface area contributed by atoms with Crippen LogP contribution in [0.15, 0.2) is 36.9 Å². The minimum Gasteiger partial charge on any atom is -0.302 e. The maximum absolute atomic E-state index is 10.8. The average molecular weight is 174 g/mol. The first-order valence-electron chi connectivity index (χ1n) is 4.29. The first kappa shape index (κ1) is 9.72. The van der Waals surface area contributed by atoms with Crippen molar-refractivity contribution in [3.8, 4) is 0 Å². The lowest BCUT2D eigenvalue weighted by Gasteiger charge is -2.20. The van der Waals surface area contributed by atoms with Crippen molar-refractivity contribution in [3.05, 3.63) is 42.5 Å². The highest BCUT2D eigenvalue weighted by molar-refractivity contribution is 5.83. The van der Waals surface area contributed by atoms with Crippen LogP contribution in [0.25, 0.3) is 5.57 Å². The van der Waals surface area contributed by atoms with Gasteiger partial charge in [-0.15, -0.1) is 0 Å². The van der Waals surface area contributed by atoms with Crippen molar-refractivity contribution in [1.82, 2.24) is 0 Å². The van der Waals surface area contributed by atoms with Gasteiger partial charge in [-0.1, -0.05) is 36.9 Å². The van der Waals surface area contributed by atoms with Crippen molar-refractivity contribution in [1.29, 1.82) is 0 Å². The SMILES string of the molecule is C=C(c1ccccc1)C(C)(C)C=O. The van der Waals surface area contributed by atoms with E-state index in [0.717, 1.165) is 17.4 Å². The summed E-state index contributed by atoms with van der Waals surface area (Å²) < 4.78 is 0. The Hall–Kier alpha value is -1.37. The molecule has 0 aliphatic heterocycles. The van der Waals surface area contributed by atoms with Gasteiger partial charge in [0.2, 0.25) is 0 Å². The van der Waals surface area contributed by atoms with E-state index in [-0.39, 0.29) is 0 Å². The van der Waals surface area contributed by atoms with Crippen LogP contribution in [0.5, 0.6) is 0 Å². The van der Waals surface area contributed by atoms with Crippen molar-refractivity contribution in [2.75, 3.05) is 0 Å². The number of hydrogen-bond acceptors (Lipinski definition) is 1. The third-order valence-electron chi connectivity index (χ3n) is 2.19. The van der Waals surface area contributed by atoms with Gasteiger partial charge in [-0.05, 0) is 25.0 Å². The third-order valence-corrected chi connectivity index (χ3v) is 2.19. The standard InChI is InChI=1S/C12H14O/c1-10(12(2,3)9-13)11-7-5-4-6-8-11/h4-9H,1H2,2-3H3. The van der Waals surface area contributed by atoms with Gasteiger partial charge in [0.1, 0.15) is 6.29 Å². The molecule has 0 aliphatic carbocycles. The van der Waals surface area contributed by atoms with Gasteiger partial charge in [-0.2, -0.15) is 0 Å². The molecule has 0 bridgehead atoms. The van der Waals surface area contributed by atoms with E-state index in [0.29, 0.717) is 0 Å². The van der Waals surface area contributed by atoms with Crippen molar-refractivity contribution in [2.45, 2.75) is 13.8 Å². The molecule has 0 radical (unpaired) electrons. The molecule has 0 heterocycles. The molecule has 0 fully saturated rings. The van der Waals surface area contributed by atoms with Crippen molar-refractivity contribution in [2.24, 2.45) is 5.41 Å². The van der Waals surface area contributed by atoms with E-state index in [1.807, 2.05) is 44.2 Å². The molecule has 0 saturated carbocycles. The van der Waals surface area contributed by atoms with Gasteiger partial charge in [-0.3, -0.25) is 0 Å². The van der Waals surface area contributed by atoms with E-state index in [2.05, 4.69) is 6.58 Å². The Morgan fingerprint density at radius 3 is 2.31 bits per heavy atom. The minimum atomic E-state index is -0.471. The zero-order chi connectivity index (χ0) is 9.90. The second-order valence-electron chi connectivity index (χ2n) is 3.68. The summed E-state index contributed by atoms with van der Waals surface area (Å²) in [4.78, 5) is 10.8. The van der Waals surface area contributed by atoms with E-state index >= 15 is 0 Å². The molecule has 0 aromatic heterocycles. The number of carbonyl (C=O) groups excluding carboxylic acids is 1. The highest BCUT2D eigenvalue weighted by atomic mass is 16.1. The largest absolute Gasteiger partial charge is 0.302 e. The molecule has 0 atom stereocenters. The Morgan fingerprint density at radius 2 is 1.85 bits per heavy atom. The summed E-state index contributed by atoms with van der Waals surface area (Å²) in [5.41, 5.74) is 1.42. The summed E-state index contributed by atoms with van der Waals surface area (Å²) in [6.07, 6.45) is 0.933. The normalized spacial score (nSPS) is 10.9. The number of carbonyl (C=O) groups is 1. The number of benzene rings is 1. The number of allylic oxidation sites excluding steroid dienone is 1. The molecule has 0 unspecified atom stereocenters. The molecule has 1 heteroatoms. The maximum atomic E-state index is 10.8. The molecule has 13 heavy (non-hydrogen) atoms. The molecule has 1 nitrogen and oxygen atoms in total. The van der Waals surface area contributed by atoms with Crippen LogP contribution in [-0.4, -0.2) is 6.29 Å². The monoisotopic (exact) mass is 174 g/mol. The van der Waals surface area contributed by atoms with E-state index in [9.17, 15) is 4.79 Å². The van der Waals surface area contributed by atoms with Crippen LogP contribution in [0.2, 0.25) is 0 Å². The lowest BCUT2D eigenvalue weighted by Crippen LogP contribution is -2.14. The average Bonchev–Trinajstić information content (AvgIpc) is 2.18. The van der Waals surface area contributed by atoms with Gasteiger partial charge in [0.25, 0.3) is 0 Å². The second kappa shape index (κ2) is 3.56. The van der Waals surface area contributed by atoms with Crippen molar-refractivity contribution < 1.29 is 4.79 Å². The van der Waals surface area contributed by atoms with Gasteiger partial charge in [-0.25, -0.2) is 0 Å². The molecule has 1 aromatic carbocycles. The molecule has 1 rings (SSSR count). The summed E-state index contributed by atoms with van der Waals surface area (Å²) >= 11 is 0. The maximum Gasteiger partial charge on any atom is 0.129 e. The highest BCUT2D eigenvalue weighted by Gasteiger charge is 2.21. The lowest BCUT2D eigenvalue weighted by atomic mass is 9.83. The molecule has 0 amide bonds. The number of hydrogen-bond donors (Lipinski definition) is 0. The fraction of sp³-hybridized carbons (Fsp3) is 0.250. The van der Waals surface area contributed by atoms with Gasteiger partial charge in [0.05, 0.1) is 0 Å². The fourth-order valence-electron chi connectivity index (χ4n) is 1.08. The Morgan fingerprint density at radius 1 is 1.31 bits per heavy atom. The summed E-state index contributed by atoms with van der Waals surface area (Å²) in [6, 6.07) is 9.77. The molecule has 0 spiro atoms. The van der Waals surface area contributed by atoms with Crippen LogP contribution in [0.4, 0.5) is 0 Å². The molecule has 1 aromatic rings. The Kier molecular flexibility index (Phi) is 2.66. The van der Waals surface area contributed by atoms with Crippen LogP contribution in [0.1, 0.15) is 19.4 Å². The molecule has 0 saturated heterocycles. The smallest absolute Gasteiger partial charge is 0.129 e. The van der Waals surface area contributed by atoms with Crippen LogP contribution < -0.4 is 0 Å². The van der Waals surface area contributed by atoms with E-state index in [1.54, 1.807) is 0 Å². The van der Waals surface area contributed by atoms with Crippen LogP contribution in [0, 0.1) is 5.41 Å². The number of rotatable bonds is 3. The predicted molar refractivity (Wildman–Crippen MR) is 55.3 cm³/mol. The predicted octanol–water partition coefficient (Wildman–Crippen LogP) is 2.92. The summed E-state index contributed by atoms with van der Waals surface area (Å²) in [6.45, 7) is 7.68. The zero-order valence-electron chi connectivity index (χ0n) is 8.08.